The lowest BCUT2D eigenvalue weighted by Gasteiger charge is -2.35. The Morgan fingerprint density at radius 2 is 1.85 bits per heavy atom. The van der Waals surface area contributed by atoms with E-state index in [-0.39, 0.29) is 11.6 Å². The number of rotatable bonds is 8. The van der Waals surface area contributed by atoms with Gasteiger partial charge in [-0.05, 0) is 73.1 Å². The normalized spacial score (nSPS) is 19.1. The Kier molecular flexibility index (Phi) is 9.42. The second-order valence-corrected chi connectivity index (χ2v) is 10.5. The maximum atomic E-state index is 13.7. The van der Waals surface area contributed by atoms with E-state index in [1.807, 2.05) is 19.1 Å². The minimum Gasteiger partial charge on any atom is -0.369 e. The molecule has 0 radical (unpaired) electrons. The highest BCUT2D eigenvalue weighted by atomic mass is 19.4. The number of hydrogen-bond donors (Lipinski definition) is 1. The minimum atomic E-state index is -4.51. The Labute approximate surface area is 234 Å². The van der Waals surface area contributed by atoms with Gasteiger partial charge in [0.15, 0.2) is 0 Å². The molecule has 2 aromatic carbocycles. The van der Waals surface area contributed by atoms with Crippen molar-refractivity contribution >= 4 is 24.7 Å². The highest BCUT2D eigenvalue weighted by molar-refractivity contribution is 6.04. The minimum absolute atomic E-state index is 0.141. The van der Waals surface area contributed by atoms with Crippen LogP contribution in [0, 0.1) is 0 Å². The van der Waals surface area contributed by atoms with E-state index in [1.54, 1.807) is 18.3 Å². The Morgan fingerprint density at radius 3 is 2.52 bits per heavy atom. The van der Waals surface area contributed by atoms with Gasteiger partial charge in [0.2, 0.25) is 0 Å². The summed E-state index contributed by atoms with van der Waals surface area (Å²) in [5.74, 6) is -0.209. The second kappa shape index (κ2) is 12.8. The molecule has 1 atom stereocenters. The maximum Gasteiger partial charge on any atom is 0.416 e. The molecular formula is C30H37F3N6O. The van der Waals surface area contributed by atoms with Crippen molar-refractivity contribution in [1.82, 2.24) is 14.7 Å². The number of piperazine rings is 1. The average molecular weight is 555 g/mol. The Bertz CT molecular complexity index is 1280. The summed E-state index contributed by atoms with van der Waals surface area (Å²) in [4.78, 5) is 27.6. The SMILES string of the molecule is C=NC=N/C=C(\C)N1Cc2cc(C(=O)Nc3cc(CN4CCN(CC)CC4)cc(C(F)(F)F)c3)ccc2C(C)C1. The van der Waals surface area contributed by atoms with Crippen LogP contribution in [-0.2, 0) is 19.3 Å². The van der Waals surface area contributed by atoms with Crippen LogP contribution in [-0.4, -0.2) is 72.9 Å². The lowest BCUT2D eigenvalue weighted by molar-refractivity contribution is -0.137. The molecular weight excluding hydrogens is 517 g/mol. The number of nitrogens with one attached hydrogen (secondary N) is 1. The fourth-order valence-corrected chi connectivity index (χ4v) is 5.35. The first-order valence-corrected chi connectivity index (χ1v) is 13.6. The molecule has 0 aromatic heterocycles. The molecule has 2 aromatic rings. The van der Waals surface area contributed by atoms with Crippen molar-refractivity contribution in [2.75, 3.05) is 44.6 Å². The van der Waals surface area contributed by atoms with E-state index in [0.29, 0.717) is 24.2 Å². The molecule has 2 heterocycles. The van der Waals surface area contributed by atoms with Crippen LogP contribution in [0.5, 0.6) is 0 Å². The fraction of sp³-hybridized carbons (Fsp3) is 0.433. The fourth-order valence-electron chi connectivity index (χ4n) is 5.35. The Balaban J connectivity index is 1.53. The summed E-state index contributed by atoms with van der Waals surface area (Å²) < 4.78 is 41.2. The summed E-state index contributed by atoms with van der Waals surface area (Å²) in [6.07, 6.45) is -1.42. The molecule has 1 amide bonds. The van der Waals surface area contributed by atoms with Gasteiger partial charge in [0, 0.05) is 69.0 Å². The van der Waals surface area contributed by atoms with Gasteiger partial charge < -0.3 is 15.1 Å². The van der Waals surface area contributed by atoms with E-state index >= 15 is 0 Å². The van der Waals surface area contributed by atoms with Gasteiger partial charge in [-0.1, -0.05) is 19.9 Å². The molecule has 0 saturated carbocycles. The van der Waals surface area contributed by atoms with Crippen LogP contribution in [0.1, 0.15) is 59.3 Å². The summed E-state index contributed by atoms with van der Waals surface area (Å²) in [7, 11) is 0. The number of hydrogen-bond acceptors (Lipinski definition) is 5. The zero-order valence-electron chi connectivity index (χ0n) is 23.3. The second-order valence-electron chi connectivity index (χ2n) is 10.5. The van der Waals surface area contributed by atoms with Crippen molar-refractivity contribution in [2.45, 2.75) is 46.0 Å². The van der Waals surface area contributed by atoms with Crippen LogP contribution in [0.15, 0.2) is 58.3 Å². The van der Waals surface area contributed by atoms with Crippen molar-refractivity contribution < 1.29 is 18.0 Å². The predicted octanol–water partition coefficient (Wildman–Crippen LogP) is 5.60. The average Bonchev–Trinajstić information content (AvgIpc) is 2.92. The van der Waals surface area contributed by atoms with Crippen LogP contribution in [0.2, 0.25) is 0 Å². The number of alkyl halides is 3. The molecule has 10 heteroatoms. The van der Waals surface area contributed by atoms with Gasteiger partial charge in [-0.25, -0.2) is 4.99 Å². The summed E-state index contributed by atoms with van der Waals surface area (Å²) in [5.41, 5.74) is 3.42. The summed E-state index contributed by atoms with van der Waals surface area (Å²) in [6, 6.07) is 9.35. The third-order valence-corrected chi connectivity index (χ3v) is 7.60. The third kappa shape index (κ3) is 7.37. The molecule has 7 nitrogen and oxygen atoms in total. The summed E-state index contributed by atoms with van der Waals surface area (Å²) in [5, 5.41) is 2.72. The number of carbonyl (C=O) groups is 1. The molecule has 0 aliphatic carbocycles. The van der Waals surface area contributed by atoms with E-state index in [9.17, 15) is 18.0 Å². The molecule has 1 unspecified atom stereocenters. The lowest BCUT2D eigenvalue weighted by Crippen LogP contribution is -2.45. The predicted molar refractivity (Wildman–Crippen MR) is 154 cm³/mol. The Hall–Kier alpha value is -3.50. The molecule has 0 bridgehead atoms. The van der Waals surface area contributed by atoms with Crippen LogP contribution >= 0.6 is 0 Å². The molecule has 40 heavy (non-hydrogen) atoms. The molecule has 4 rings (SSSR count). The number of benzene rings is 2. The molecule has 1 N–H and O–H groups in total. The third-order valence-electron chi connectivity index (χ3n) is 7.60. The lowest BCUT2D eigenvalue weighted by atomic mass is 9.89. The van der Waals surface area contributed by atoms with Crippen LogP contribution < -0.4 is 5.32 Å². The quantitative estimate of drug-likeness (QED) is 0.341. The molecule has 1 saturated heterocycles. The number of amides is 1. The van der Waals surface area contributed by atoms with Gasteiger partial charge in [-0.15, -0.1) is 0 Å². The van der Waals surface area contributed by atoms with Crippen molar-refractivity contribution in [3.63, 3.8) is 0 Å². The number of anilines is 1. The first-order chi connectivity index (χ1) is 19.1. The molecule has 0 spiro atoms. The zero-order chi connectivity index (χ0) is 28.9. The standard InChI is InChI=1S/C30H37F3N6O/c1-5-37-8-10-38(11-9-37)18-23-12-26(30(31,32)33)15-27(13-23)36-29(40)24-6-7-28-21(2)17-39(19-25(28)14-24)22(3)16-35-20-34-4/h6-7,12-16,20-21H,4-5,8-11,17-19H2,1-3H3,(H,36,40)/b22-16+,35-20?. The number of nitrogens with zero attached hydrogens (tertiary/aromatic N) is 5. The van der Waals surface area contributed by atoms with E-state index in [4.69, 9.17) is 0 Å². The first-order valence-electron chi connectivity index (χ1n) is 13.6. The molecule has 2 aliphatic rings. The Morgan fingerprint density at radius 1 is 1.12 bits per heavy atom. The van der Waals surface area contributed by atoms with Gasteiger partial charge in [0.05, 0.1) is 5.56 Å². The maximum absolute atomic E-state index is 13.7. The van der Waals surface area contributed by atoms with Crippen LogP contribution in [0.25, 0.3) is 0 Å². The van der Waals surface area contributed by atoms with Crippen LogP contribution in [0.4, 0.5) is 18.9 Å². The molecule has 1 fully saturated rings. The number of carbonyl (C=O) groups excluding carboxylic acids is 1. The van der Waals surface area contributed by atoms with Crippen molar-refractivity contribution in [2.24, 2.45) is 9.98 Å². The first kappa shape index (κ1) is 29.5. The number of aliphatic imine (C=N–C) groups is 2. The van der Waals surface area contributed by atoms with E-state index in [0.717, 1.165) is 62.2 Å². The molecule has 214 valence electrons. The van der Waals surface area contributed by atoms with Gasteiger partial charge >= 0.3 is 6.18 Å². The highest BCUT2D eigenvalue weighted by Crippen LogP contribution is 2.34. The van der Waals surface area contributed by atoms with Crippen molar-refractivity contribution in [1.29, 1.82) is 0 Å². The largest absolute Gasteiger partial charge is 0.416 e. The molecule has 2 aliphatic heterocycles. The van der Waals surface area contributed by atoms with Crippen LogP contribution in [0.3, 0.4) is 0 Å². The van der Waals surface area contributed by atoms with E-state index in [2.05, 4.69) is 50.6 Å². The smallest absolute Gasteiger partial charge is 0.369 e. The summed E-state index contributed by atoms with van der Waals surface area (Å²) in [6.45, 7) is 15.7. The number of likely N-dealkylation sites (N-methyl/N-ethyl adjacent to an activating group) is 1. The zero-order valence-corrected chi connectivity index (χ0v) is 23.3. The van der Waals surface area contributed by atoms with Gasteiger partial charge in [-0.2, -0.15) is 13.2 Å². The van der Waals surface area contributed by atoms with Gasteiger partial charge in [0.1, 0.15) is 6.34 Å². The highest BCUT2D eigenvalue weighted by Gasteiger charge is 2.32. The monoisotopic (exact) mass is 554 g/mol. The van der Waals surface area contributed by atoms with Gasteiger partial charge in [0.25, 0.3) is 5.91 Å². The van der Waals surface area contributed by atoms with E-state index in [1.165, 1.54) is 12.4 Å². The number of allylic oxidation sites excluding steroid dienone is 1. The summed E-state index contributed by atoms with van der Waals surface area (Å²) >= 11 is 0. The van der Waals surface area contributed by atoms with Gasteiger partial charge in [-0.3, -0.25) is 14.7 Å². The van der Waals surface area contributed by atoms with E-state index < -0.39 is 17.6 Å². The van der Waals surface area contributed by atoms with Crippen molar-refractivity contribution in [3.8, 4) is 0 Å². The van der Waals surface area contributed by atoms with Crippen molar-refractivity contribution in [3.05, 3.63) is 76.1 Å². The number of fused-ring (bicyclic) bond motifs is 1. The topological polar surface area (TPSA) is 63.5 Å². The number of halogens is 3.